The first kappa shape index (κ1) is 23.6. The Kier molecular flexibility index (Phi) is 18.8. The second-order valence-corrected chi connectivity index (χ2v) is 6.45. The molecule has 0 spiro atoms. The summed E-state index contributed by atoms with van der Waals surface area (Å²) in [6, 6.07) is 0. The number of halogens is 2. The SMILES string of the molecule is CC(C)OCCOCCCl.CS(=O)(=O)OCCOCCCl. The lowest BCUT2D eigenvalue weighted by molar-refractivity contribution is 0.0235. The Labute approximate surface area is 138 Å². The fourth-order valence-corrected chi connectivity index (χ4v) is 1.49. The molecule has 0 rings (SSSR count). The summed E-state index contributed by atoms with van der Waals surface area (Å²) < 4.78 is 40.3. The zero-order valence-corrected chi connectivity index (χ0v) is 15.2. The van der Waals surface area contributed by atoms with Crippen LogP contribution in [0.1, 0.15) is 13.8 Å². The van der Waals surface area contributed by atoms with Crippen LogP contribution in [0.4, 0.5) is 0 Å². The molecule has 0 bridgehead atoms. The Hall–Kier alpha value is 0.370. The minimum absolute atomic E-state index is 0.0513. The van der Waals surface area contributed by atoms with E-state index in [1.54, 1.807) is 0 Å². The third kappa shape index (κ3) is 29.1. The van der Waals surface area contributed by atoms with Gasteiger partial charge >= 0.3 is 0 Å². The molecule has 0 saturated heterocycles. The Morgan fingerprint density at radius 1 is 0.857 bits per heavy atom. The molecule has 21 heavy (non-hydrogen) atoms. The molecule has 0 heterocycles. The van der Waals surface area contributed by atoms with Gasteiger partial charge in [0, 0.05) is 11.8 Å². The maximum absolute atomic E-state index is 10.4. The van der Waals surface area contributed by atoms with Gasteiger partial charge < -0.3 is 14.2 Å². The summed E-state index contributed by atoms with van der Waals surface area (Å²) in [5.74, 6) is 0.959. The highest BCUT2D eigenvalue weighted by Gasteiger charge is 1.99. The zero-order chi connectivity index (χ0) is 16.6. The molecule has 0 aromatic carbocycles. The lowest BCUT2D eigenvalue weighted by atomic mass is 10.5. The third-order valence-electron chi connectivity index (χ3n) is 1.65. The van der Waals surface area contributed by atoms with Gasteiger partial charge in [0.05, 0.1) is 52.0 Å². The smallest absolute Gasteiger partial charge is 0.264 e. The molecule has 130 valence electrons. The fourth-order valence-electron chi connectivity index (χ4n) is 0.900. The van der Waals surface area contributed by atoms with E-state index in [0.717, 1.165) is 6.26 Å². The van der Waals surface area contributed by atoms with E-state index in [-0.39, 0.29) is 13.2 Å². The highest BCUT2D eigenvalue weighted by Crippen LogP contribution is 1.88. The molecule has 0 saturated carbocycles. The zero-order valence-electron chi connectivity index (χ0n) is 12.8. The largest absolute Gasteiger partial charge is 0.378 e. The molecular weight excluding hydrogens is 343 g/mol. The van der Waals surface area contributed by atoms with Gasteiger partial charge in [0.25, 0.3) is 10.1 Å². The van der Waals surface area contributed by atoms with Gasteiger partial charge in [0.2, 0.25) is 0 Å². The molecule has 6 nitrogen and oxygen atoms in total. The first-order valence-corrected chi connectivity index (χ1v) is 9.45. The van der Waals surface area contributed by atoms with Crippen LogP contribution in [0.25, 0.3) is 0 Å². The Bertz CT molecular complexity index is 298. The van der Waals surface area contributed by atoms with Gasteiger partial charge in [0.1, 0.15) is 0 Å². The molecule has 0 N–H and O–H groups in total. The highest BCUT2D eigenvalue weighted by atomic mass is 35.5. The van der Waals surface area contributed by atoms with Crippen molar-refractivity contribution >= 4 is 33.3 Å². The molecule has 0 aliphatic carbocycles. The average molecular weight is 369 g/mol. The minimum Gasteiger partial charge on any atom is -0.378 e. The van der Waals surface area contributed by atoms with E-state index in [2.05, 4.69) is 4.18 Å². The Morgan fingerprint density at radius 3 is 1.71 bits per heavy atom. The number of ether oxygens (including phenoxy) is 3. The van der Waals surface area contributed by atoms with Gasteiger partial charge in [-0.3, -0.25) is 4.18 Å². The van der Waals surface area contributed by atoms with Crippen molar-refractivity contribution in [3.05, 3.63) is 0 Å². The van der Waals surface area contributed by atoms with Gasteiger partial charge in [-0.15, -0.1) is 23.2 Å². The normalized spacial score (nSPS) is 11.3. The van der Waals surface area contributed by atoms with E-state index >= 15 is 0 Å². The summed E-state index contributed by atoms with van der Waals surface area (Å²) in [5, 5.41) is 0. The fraction of sp³-hybridized carbons (Fsp3) is 1.00. The maximum atomic E-state index is 10.4. The van der Waals surface area contributed by atoms with Crippen LogP contribution in [0.3, 0.4) is 0 Å². The molecule has 0 aromatic rings. The third-order valence-corrected chi connectivity index (χ3v) is 2.55. The topological polar surface area (TPSA) is 71.1 Å². The second-order valence-electron chi connectivity index (χ2n) is 4.05. The van der Waals surface area contributed by atoms with Crippen LogP contribution < -0.4 is 0 Å². The molecule has 0 aliphatic rings. The maximum Gasteiger partial charge on any atom is 0.264 e. The number of hydrogen-bond donors (Lipinski definition) is 0. The van der Waals surface area contributed by atoms with Crippen molar-refractivity contribution < 1.29 is 26.8 Å². The van der Waals surface area contributed by atoms with Gasteiger partial charge in [-0.1, -0.05) is 0 Å². The van der Waals surface area contributed by atoms with Crippen LogP contribution in [0.2, 0.25) is 0 Å². The molecule has 0 aromatic heterocycles. The van der Waals surface area contributed by atoms with E-state index in [1.165, 1.54) is 0 Å². The number of hydrogen-bond acceptors (Lipinski definition) is 6. The molecule has 0 radical (unpaired) electrons. The second kappa shape index (κ2) is 16.7. The average Bonchev–Trinajstić information content (AvgIpc) is 2.37. The van der Waals surface area contributed by atoms with Crippen molar-refractivity contribution in [1.82, 2.24) is 0 Å². The van der Waals surface area contributed by atoms with Crippen molar-refractivity contribution in [1.29, 1.82) is 0 Å². The van der Waals surface area contributed by atoms with Crippen LogP contribution >= 0.6 is 23.2 Å². The van der Waals surface area contributed by atoms with E-state index < -0.39 is 10.1 Å². The molecule has 0 aliphatic heterocycles. The van der Waals surface area contributed by atoms with Gasteiger partial charge in [0.15, 0.2) is 0 Å². The first-order chi connectivity index (χ1) is 9.83. The summed E-state index contributed by atoms with van der Waals surface area (Å²) >= 11 is 10.7. The predicted molar refractivity (Wildman–Crippen MR) is 85.0 cm³/mol. The molecular formula is C12H26Cl2O6S. The van der Waals surface area contributed by atoms with Crippen molar-refractivity contribution in [2.75, 3.05) is 57.7 Å². The lowest BCUT2D eigenvalue weighted by Crippen LogP contribution is -2.10. The summed E-state index contributed by atoms with van der Waals surface area (Å²) in [6.45, 7) is 6.63. The lowest BCUT2D eigenvalue weighted by Gasteiger charge is -2.06. The van der Waals surface area contributed by atoms with Crippen LogP contribution in [-0.4, -0.2) is 72.2 Å². The molecule has 0 fully saturated rings. The standard InChI is InChI=1S/C7H15ClO2.C5H11ClO4S/c1-7(2)10-6-5-9-4-3-8;1-11(7,8)10-5-4-9-3-2-6/h7H,3-6H2,1-2H3;2-5H2,1H3. The van der Waals surface area contributed by atoms with Crippen molar-refractivity contribution in [2.45, 2.75) is 20.0 Å². The Morgan fingerprint density at radius 2 is 1.33 bits per heavy atom. The summed E-state index contributed by atoms with van der Waals surface area (Å²) in [5.41, 5.74) is 0. The van der Waals surface area contributed by atoms with Crippen molar-refractivity contribution in [2.24, 2.45) is 0 Å². The van der Waals surface area contributed by atoms with Crippen molar-refractivity contribution in [3.63, 3.8) is 0 Å². The van der Waals surface area contributed by atoms with Gasteiger partial charge in [-0.25, -0.2) is 0 Å². The quantitative estimate of drug-likeness (QED) is 0.297. The van der Waals surface area contributed by atoms with Crippen LogP contribution in [0.5, 0.6) is 0 Å². The highest BCUT2D eigenvalue weighted by molar-refractivity contribution is 7.85. The molecule has 0 amide bonds. The summed E-state index contributed by atoms with van der Waals surface area (Å²) in [6.07, 6.45) is 1.29. The monoisotopic (exact) mass is 368 g/mol. The van der Waals surface area contributed by atoms with E-state index in [9.17, 15) is 8.42 Å². The van der Waals surface area contributed by atoms with Gasteiger partial charge in [-0.2, -0.15) is 8.42 Å². The predicted octanol–water partition coefficient (Wildman–Crippen LogP) is 1.88. The van der Waals surface area contributed by atoms with Crippen LogP contribution in [0.15, 0.2) is 0 Å². The van der Waals surface area contributed by atoms with Crippen LogP contribution in [0, 0.1) is 0 Å². The summed E-state index contributed by atoms with van der Waals surface area (Å²) in [4.78, 5) is 0. The Balaban J connectivity index is 0. The van der Waals surface area contributed by atoms with Gasteiger partial charge in [-0.05, 0) is 13.8 Å². The van der Waals surface area contributed by atoms with Crippen LogP contribution in [-0.2, 0) is 28.5 Å². The molecule has 0 unspecified atom stereocenters. The summed E-state index contributed by atoms with van der Waals surface area (Å²) in [7, 11) is -3.32. The van der Waals surface area contributed by atoms with E-state index in [4.69, 9.17) is 37.4 Å². The minimum atomic E-state index is -3.32. The molecule has 9 heteroatoms. The number of rotatable bonds is 12. The van der Waals surface area contributed by atoms with E-state index in [1.807, 2.05) is 13.8 Å². The number of alkyl halides is 2. The molecule has 0 atom stereocenters. The van der Waals surface area contributed by atoms with E-state index in [0.29, 0.717) is 44.3 Å². The first-order valence-electron chi connectivity index (χ1n) is 6.57. The van der Waals surface area contributed by atoms with Crippen molar-refractivity contribution in [3.8, 4) is 0 Å².